The van der Waals surface area contributed by atoms with Gasteiger partial charge in [-0.1, -0.05) is 20.8 Å². The average molecular weight is 225 g/mol. The van der Waals surface area contributed by atoms with Crippen LogP contribution in [-0.4, -0.2) is 36.6 Å². The van der Waals surface area contributed by atoms with Crippen LogP contribution in [0.5, 0.6) is 0 Å². The van der Waals surface area contributed by atoms with Crippen LogP contribution in [0.15, 0.2) is 0 Å². The largest absolute Gasteiger partial charge is 0.301 e. The summed E-state index contributed by atoms with van der Waals surface area (Å²) in [5, 5.41) is 12.6. The highest BCUT2D eigenvalue weighted by atomic mass is 15.2. The zero-order chi connectivity index (χ0) is 12.8. The van der Waals surface area contributed by atoms with E-state index in [1.54, 1.807) is 0 Å². The minimum absolute atomic E-state index is 0.437. The molecule has 0 aromatic rings. The minimum Gasteiger partial charge on any atom is -0.301 e. The molecule has 3 heteroatoms. The van der Waals surface area contributed by atoms with E-state index in [0.29, 0.717) is 12.0 Å². The molecule has 0 aliphatic rings. The molecule has 0 saturated heterocycles. The van der Waals surface area contributed by atoms with Crippen molar-refractivity contribution in [3.8, 4) is 6.07 Å². The lowest BCUT2D eigenvalue weighted by molar-refractivity contribution is 0.173. The van der Waals surface area contributed by atoms with Gasteiger partial charge in [0.15, 0.2) is 0 Å². The maximum absolute atomic E-state index is 9.24. The van der Waals surface area contributed by atoms with Crippen molar-refractivity contribution in [3.05, 3.63) is 0 Å². The van der Waals surface area contributed by atoms with Gasteiger partial charge in [-0.05, 0) is 39.8 Å². The molecule has 2 unspecified atom stereocenters. The van der Waals surface area contributed by atoms with E-state index >= 15 is 0 Å². The highest BCUT2D eigenvalue weighted by molar-refractivity contribution is 5.05. The van der Waals surface area contributed by atoms with Crippen molar-refractivity contribution in [2.45, 2.75) is 52.6 Å². The van der Waals surface area contributed by atoms with Crippen LogP contribution >= 0.6 is 0 Å². The second-order valence-electron chi connectivity index (χ2n) is 5.27. The Morgan fingerprint density at radius 3 is 2.31 bits per heavy atom. The summed E-state index contributed by atoms with van der Waals surface area (Å²) >= 11 is 0. The van der Waals surface area contributed by atoms with E-state index in [2.05, 4.69) is 51.0 Å². The van der Waals surface area contributed by atoms with Crippen molar-refractivity contribution in [2.75, 3.05) is 20.1 Å². The molecule has 0 aromatic carbocycles. The van der Waals surface area contributed by atoms with E-state index < -0.39 is 5.54 Å². The number of hydrogen-bond acceptors (Lipinski definition) is 3. The molecule has 0 radical (unpaired) electrons. The second-order valence-corrected chi connectivity index (χ2v) is 5.27. The van der Waals surface area contributed by atoms with Crippen LogP contribution in [0.25, 0.3) is 0 Å². The number of nitrogens with zero attached hydrogens (tertiary/aromatic N) is 2. The number of nitrogens with one attached hydrogen (secondary N) is 1. The number of likely N-dealkylation sites (N-methyl/N-ethyl adjacent to an activating group) is 1. The van der Waals surface area contributed by atoms with Gasteiger partial charge < -0.3 is 4.90 Å². The molecule has 0 aliphatic carbocycles. The van der Waals surface area contributed by atoms with Crippen LogP contribution in [0, 0.1) is 17.2 Å². The maximum atomic E-state index is 9.24. The Hall–Kier alpha value is -0.590. The van der Waals surface area contributed by atoms with Crippen molar-refractivity contribution in [1.29, 1.82) is 5.26 Å². The van der Waals surface area contributed by atoms with Gasteiger partial charge in [0.2, 0.25) is 0 Å². The molecule has 94 valence electrons. The molecular formula is C13H27N3. The molecular weight excluding hydrogens is 198 g/mol. The summed E-state index contributed by atoms with van der Waals surface area (Å²) in [6.07, 6.45) is 1.06. The van der Waals surface area contributed by atoms with E-state index in [4.69, 9.17) is 0 Å². The fourth-order valence-corrected chi connectivity index (χ4v) is 1.68. The van der Waals surface area contributed by atoms with E-state index in [0.717, 1.165) is 19.5 Å². The van der Waals surface area contributed by atoms with Gasteiger partial charge in [-0.3, -0.25) is 5.32 Å². The van der Waals surface area contributed by atoms with E-state index in [-0.39, 0.29) is 0 Å². The molecule has 0 aromatic heterocycles. The normalized spacial score (nSPS) is 17.2. The molecule has 16 heavy (non-hydrogen) atoms. The fraction of sp³-hybridized carbons (Fsp3) is 0.923. The Labute approximate surface area is 101 Å². The summed E-state index contributed by atoms with van der Waals surface area (Å²) in [6, 6.07) is 2.88. The molecule has 0 rings (SSSR count). The summed E-state index contributed by atoms with van der Waals surface area (Å²) in [4.78, 5) is 2.26. The number of hydrogen-bond donors (Lipinski definition) is 1. The summed E-state index contributed by atoms with van der Waals surface area (Å²) in [5.74, 6) is 0.610. The van der Waals surface area contributed by atoms with Crippen LogP contribution in [0.2, 0.25) is 0 Å². The van der Waals surface area contributed by atoms with Crippen molar-refractivity contribution in [1.82, 2.24) is 10.2 Å². The summed E-state index contributed by atoms with van der Waals surface area (Å²) in [7, 11) is 2.09. The minimum atomic E-state index is -0.437. The van der Waals surface area contributed by atoms with Crippen molar-refractivity contribution >= 4 is 0 Å². The van der Waals surface area contributed by atoms with Gasteiger partial charge in [-0.25, -0.2) is 0 Å². The summed E-state index contributed by atoms with van der Waals surface area (Å²) in [5.41, 5.74) is -0.437. The van der Waals surface area contributed by atoms with Crippen molar-refractivity contribution in [3.63, 3.8) is 0 Å². The maximum Gasteiger partial charge on any atom is 0.116 e. The number of rotatable bonds is 7. The van der Waals surface area contributed by atoms with Crippen LogP contribution in [0.3, 0.4) is 0 Å². The van der Waals surface area contributed by atoms with Crippen LogP contribution in [0.4, 0.5) is 0 Å². The molecule has 0 fully saturated rings. The van der Waals surface area contributed by atoms with Crippen LogP contribution < -0.4 is 5.32 Å². The first-order chi connectivity index (χ1) is 7.36. The molecule has 0 aliphatic heterocycles. The first-order valence-corrected chi connectivity index (χ1v) is 6.22. The molecule has 3 nitrogen and oxygen atoms in total. The first kappa shape index (κ1) is 15.4. The quantitative estimate of drug-likeness (QED) is 0.722. The standard InChI is InChI=1S/C13H27N3/c1-7-8-15-13(5,9-14)10-16(6)12(4)11(2)3/h11-12,15H,7-8,10H2,1-6H3. The Morgan fingerprint density at radius 1 is 1.38 bits per heavy atom. The molecule has 0 spiro atoms. The average Bonchev–Trinajstić information content (AvgIpc) is 2.25. The van der Waals surface area contributed by atoms with Gasteiger partial charge in [0.25, 0.3) is 0 Å². The van der Waals surface area contributed by atoms with Gasteiger partial charge in [0.1, 0.15) is 5.54 Å². The van der Waals surface area contributed by atoms with Crippen molar-refractivity contribution in [2.24, 2.45) is 5.92 Å². The Morgan fingerprint density at radius 2 is 1.94 bits per heavy atom. The number of nitriles is 1. The molecule has 0 heterocycles. The Bertz CT molecular complexity index is 232. The highest BCUT2D eigenvalue weighted by Crippen LogP contribution is 2.12. The Balaban J connectivity index is 4.36. The molecule has 0 amide bonds. The SMILES string of the molecule is CCCNC(C)(C#N)CN(C)C(C)C(C)C. The van der Waals surface area contributed by atoms with Gasteiger partial charge in [-0.2, -0.15) is 5.26 Å². The predicted octanol–water partition coefficient (Wildman–Crippen LogP) is 2.24. The third-order valence-electron chi connectivity index (χ3n) is 3.24. The lowest BCUT2D eigenvalue weighted by Gasteiger charge is -2.34. The van der Waals surface area contributed by atoms with Gasteiger partial charge >= 0.3 is 0 Å². The van der Waals surface area contributed by atoms with E-state index in [1.807, 2.05) is 6.92 Å². The zero-order valence-electron chi connectivity index (χ0n) is 11.7. The summed E-state index contributed by atoms with van der Waals surface area (Å²) < 4.78 is 0. The summed E-state index contributed by atoms with van der Waals surface area (Å²) in [6.45, 7) is 12.4. The molecule has 0 bridgehead atoms. The van der Waals surface area contributed by atoms with Crippen molar-refractivity contribution < 1.29 is 0 Å². The van der Waals surface area contributed by atoms with E-state index in [9.17, 15) is 5.26 Å². The van der Waals surface area contributed by atoms with Crippen LogP contribution in [0.1, 0.15) is 41.0 Å². The lowest BCUT2D eigenvalue weighted by Crippen LogP contribution is -2.52. The Kier molecular flexibility index (Phi) is 6.62. The molecule has 1 N–H and O–H groups in total. The lowest BCUT2D eigenvalue weighted by atomic mass is 9.99. The highest BCUT2D eigenvalue weighted by Gasteiger charge is 2.27. The smallest absolute Gasteiger partial charge is 0.116 e. The van der Waals surface area contributed by atoms with Gasteiger partial charge in [0.05, 0.1) is 6.07 Å². The van der Waals surface area contributed by atoms with Gasteiger partial charge in [0, 0.05) is 12.6 Å². The second kappa shape index (κ2) is 6.88. The van der Waals surface area contributed by atoms with Gasteiger partial charge in [-0.15, -0.1) is 0 Å². The monoisotopic (exact) mass is 225 g/mol. The molecule has 2 atom stereocenters. The van der Waals surface area contributed by atoms with Crippen LogP contribution in [-0.2, 0) is 0 Å². The topological polar surface area (TPSA) is 39.1 Å². The fourth-order valence-electron chi connectivity index (χ4n) is 1.68. The molecule has 0 saturated carbocycles. The third-order valence-corrected chi connectivity index (χ3v) is 3.24. The third kappa shape index (κ3) is 4.96. The zero-order valence-corrected chi connectivity index (χ0v) is 11.7. The first-order valence-electron chi connectivity index (χ1n) is 6.22. The predicted molar refractivity (Wildman–Crippen MR) is 69.2 cm³/mol. The van der Waals surface area contributed by atoms with E-state index in [1.165, 1.54) is 0 Å².